The maximum absolute atomic E-state index is 13.8. The number of Topliss-reactive ketones (excluding diaryl/α,β-unsaturated/α-hetero) is 1. The molecule has 0 saturated carbocycles. The third-order valence-electron chi connectivity index (χ3n) is 5.81. The van der Waals surface area contributed by atoms with E-state index in [1.54, 1.807) is 30.5 Å². The Balaban J connectivity index is 1.45. The summed E-state index contributed by atoms with van der Waals surface area (Å²) in [6.45, 7) is 1.44. The molecule has 172 valence electrons. The number of nitrogens with zero attached hydrogens (tertiary/aromatic N) is 1. The van der Waals surface area contributed by atoms with E-state index < -0.39 is 5.92 Å². The molecule has 0 spiro atoms. The average molecular weight is 460 g/mol. The molecule has 34 heavy (non-hydrogen) atoms. The fourth-order valence-corrected chi connectivity index (χ4v) is 3.87. The molecule has 5 heteroatoms. The largest absolute Gasteiger partial charge is 0.299 e. The predicted octanol–water partition coefficient (Wildman–Crippen LogP) is 7.41. The molecule has 0 aliphatic rings. The van der Waals surface area contributed by atoms with E-state index in [1.807, 2.05) is 36.4 Å². The SMILES string of the molecule is CCC(F)(F)c1ccc(CC(=O)Cc2ccc(-c3ncccc3-c3ccc(F)cc3)cc2)cc1. The highest BCUT2D eigenvalue weighted by molar-refractivity contribution is 5.84. The van der Waals surface area contributed by atoms with Crippen molar-refractivity contribution in [1.82, 2.24) is 4.98 Å². The van der Waals surface area contributed by atoms with Crippen LogP contribution in [0.2, 0.25) is 0 Å². The Morgan fingerprint density at radius 2 is 1.35 bits per heavy atom. The Labute approximate surface area is 197 Å². The number of carbonyl (C=O) groups excluding carboxylic acids is 1. The molecule has 0 N–H and O–H groups in total. The minimum Gasteiger partial charge on any atom is -0.299 e. The summed E-state index contributed by atoms with van der Waals surface area (Å²) >= 11 is 0. The van der Waals surface area contributed by atoms with Crippen molar-refractivity contribution in [2.75, 3.05) is 0 Å². The highest BCUT2D eigenvalue weighted by Crippen LogP contribution is 2.32. The lowest BCUT2D eigenvalue weighted by Crippen LogP contribution is -2.12. The molecule has 3 aromatic carbocycles. The Kier molecular flexibility index (Phi) is 6.92. The maximum Gasteiger partial charge on any atom is 0.273 e. The summed E-state index contributed by atoms with van der Waals surface area (Å²) in [6.07, 6.45) is 1.89. The monoisotopic (exact) mass is 459 g/mol. The van der Waals surface area contributed by atoms with Crippen LogP contribution in [0.4, 0.5) is 13.2 Å². The number of carbonyl (C=O) groups is 1. The van der Waals surface area contributed by atoms with E-state index in [1.165, 1.54) is 31.2 Å². The Morgan fingerprint density at radius 1 is 0.794 bits per heavy atom. The second-order valence-electron chi connectivity index (χ2n) is 8.25. The van der Waals surface area contributed by atoms with E-state index in [2.05, 4.69) is 4.98 Å². The summed E-state index contributed by atoms with van der Waals surface area (Å²) in [6, 6.07) is 23.7. The highest BCUT2D eigenvalue weighted by Gasteiger charge is 2.28. The first-order valence-corrected chi connectivity index (χ1v) is 11.1. The van der Waals surface area contributed by atoms with Crippen LogP contribution < -0.4 is 0 Å². The lowest BCUT2D eigenvalue weighted by atomic mass is 9.97. The predicted molar refractivity (Wildman–Crippen MR) is 128 cm³/mol. The Bertz CT molecular complexity index is 1260. The van der Waals surface area contributed by atoms with Gasteiger partial charge in [-0.15, -0.1) is 0 Å². The van der Waals surface area contributed by atoms with Gasteiger partial charge >= 0.3 is 0 Å². The van der Waals surface area contributed by atoms with Crippen LogP contribution in [0.1, 0.15) is 30.0 Å². The Hall–Kier alpha value is -3.73. The highest BCUT2D eigenvalue weighted by atomic mass is 19.3. The lowest BCUT2D eigenvalue weighted by molar-refractivity contribution is -0.117. The molecule has 0 radical (unpaired) electrons. The van der Waals surface area contributed by atoms with Crippen LogP contribution in [0.5, 0.6) is 0 Å². The normalized spacial score (nSPS) is 11.4. The summed E-state index contributed by atoms with van der Waals surface area (Å²) < 4.78 is 40.9. The van der Waals surface area contributed by atoms with Crippen LogP contribution >= 0.6 is 0 Å². The number of hydrogen-bond donors (Lipinski definition) is 0. The summed E-state index contributed by atoms with van der Waals surface area (Å²) in [5, 5.41) is 0. The number of ketones is 1. The van der Waals surface area contributed by atoms with E-state index >= 15 is 0 Å². The number of halogens is 3. The molecule has 0 aliphatic carbocycles. The van der Waals surface area contributed by atoms with Gasteiger partial charge in [-0.25, -0.2) is 13.2 Å². The number of hydrogen-bond acceptors (Lipinski definition) is 2. The molecule has 0 aliphatic heterocycles. The number of aromatic nitrogens is 1. The van der Waals surface area contributed by atoms with Crippen LogP contribution in [0.15, 0.2) is 91.1 Å². The van der Waals surface area contributed by atoms with Gasteiger partial charge in [0.25, 0.3) is 5.92 Å². The van der Waals surface area contributed by atoms with Crippen LogP contribution in [0, 0.1) is 5.82 Å². The smallest absolute Gasteiger partial charge is 0.273 e. The summed E-state index contributed by atoms with van der Waals surface area (Å²) in [4.78, 5) is 17.1. The molecule has 4 rings (SSSR count). The molecule has 1 heterocycles. The fraction of sp³-hybridized carbons (Fsp3) is 0.172. The molecule has 4 aromatic rings. The molecule has 2 nitrogen and oxygen atoms in total. The van der Waals surface area contributed by atoms with Crippen molar-refractivity contribution in [2.45, 2.75) is 32.1 Å². The quantitative estimate of drug-likeness (QED) is 0.275. The molecule has 0 saturated heterocycles. The standard InChI is InChI=1S/C29H24F3NO/c1-2-29(31,32)24-13-7-21(8-14-24)19-26(34)18-20-5-9-23(10-6-20)28-27(4-3-17-33-28)22-11-15-25(30)16-12-22/h3-17H,2,18-19H2,1H3. The van der Waals surface area contributed by atoms with Crippen molar-refractivity contribution in [3.8, 4) is 22.4 Å². The van der Waals surface area contributed by atoms with Gasteiger partial charge in [-0.05, 0) is 34.9 Å². The molecule has 1 aromatic heterocycles. The molecular weight excluding hydrogens is 435 g/mol. The minimum absolute atomic E-state index is 0.00703. The van der Waals surface area contributed by atoms with Gasteiger partial charge in [0.2, 0.25) is 0 Å². The van der Waals surface area contributed by atoms with Crippen molar-refractivity contribution in [3.63, 3.8) is 0 Å². The maximum atomic E-state index is 13.8. The van der Waals surface area contributed by atoms with E-state index in [4.69, 9.17) is 0 Å². The fourth-order valence-electron chi connectivity index (χ4n) is 3.87. The minimum atomic E-state index is -2.85. The van der Waals surface area contributed by atoms with E-state index in [9.17, 15) is 18.0 Å². The van der Waals surface area contributed by atoms with Gasteiger partial charge < -0.3 is 0 Å². The first-order valence-electron chi connectivity index (χ1n) is 11.1. The van der Waals surface area contributed by atoms with Gasteiger partial charge in [0.05, 0.1) is 5.69 Å². The zero-order valence-corrected chi connectivity index (χ0v) is 18.8. The molecule has 0 unspecified atom stereocenters. The first-order chi connectivity index (χ1) is 16.4. The van der Waals surface area contributed by atoms with Crippen molar-refractivity contribution in [3.05, 3.63) is 114 Å². The second kappa shape index (κ2) is 10.0. The van der Waals surface area contributed by atoms with Crippen LogP contribution in [0.25, 0.3) is 22.4 Å². The molecule has 0 atom stereocenters. The molecule has 0 amide bonds. The first kappa shape index (κ1) is 23.4. The third kappa shape index (κ3) is 5.42. The zero-order valence-electron chi connectivity index (χ0n) is 18.8. The number of benzene rings is 3. The van der Waals surface area contributed by atoms with E-state index in [0.717, 1.165) is 33.5 Å². The zero-order chi connectivity index (χ0) is 24.1. The van der Waals surface area contributed by atoms with Gasteiger partial charge in [0.15, 0.2) is 0 Å². The lowest BCUT2D eigenvalue weighted by Gasteiger charge is -2.14. The number of pyridine rings is 1. The molecule has 0 fully saturated rings. The van der Waals surface area contributed by atoms with Crippen molar-refractivity contribution in [2.24, 2.45) is 0 Å². The summed E-state index contributed by atoms with van der Waals surface area (Å²) in [5.41, 5.74) is 4.97. The van der Waals surface area contributed by atoms with Crippen LogP contribution in [-0.2, 0) is 23.6 Å². The summed E-state index contributed by atoms with van der Waals surface area (Å²) in [5.74, 6) is -3.14. The average Bonchev–Trinajstić information content (AvgIpc) is 2.85. The van der Waals surface area contributed by atoms with Crippen molar-refractivity contribution < 1.29 is 18.0 Å². The Morgan fingerprint density at radius 3 is 1.94 bits per heavy atom. The van der Waals surface area contributed by atoms with Gasteiger partial charge in [-0.1, -0.05) is 73.7 Å². The third-order valence-corrected chi connectivity index (χ3v) is 5.81. The van der Waals surface area contributed by atoms with Gasteiger partial charge in [0.1, 0.15) is 11.6 Å². The number of rotatable bonds is 8. The summed E-state index contributed by atoms with van der Waals surface area (Å²) in [7, 11) is 0. The molecule has 0 bridgehead atoms. The molecular formula is C29H24F3NO. The van der Waals surface area contributed by atoms with Crippen LogP contribution in [0.3, 0.4) is 0 Å². The van der Waals surface area contributed by atoms with Crippen molar-refractivity contribution >= 4 is 5.78 Å². The number of alkyl halides is 2. The topological polar surface area (TPSA) is 30.0 Å². The van der Waals surface area contributed by atoms with Gasteiger partial charge in [-0.3, -0.25) is 9.78 Å². The van der Waals surface area contributed by atoms with Gasteiger partial charge in [-0.2, -0.15) is 0 Å². The van der Waals surface area contributed by atoms with Crippen LogP contribution in [-0.4, -0.2) is 10.8 Å². The van der Waals surface area contributed by atoms with E-state index in [-0.39, 0.29) is 36.4 Å². The second-order valence-corrected chi connectivity index (χ2v) is 8.25. The van der Waals surface area contributed by atoms with Gasteiger partial charge in [0, 0.05) is 42.1 Å². The van der Waals surface area contributed by atoms with Crippen molar-refractivity contribution in [1.29, 1.82) is 0 Å². The van der Waals surface area contributed by atoms with E-state index in [0.29, 0.717) is 0 Å².